The number of nitrogens with one attached hydrogen (secondary N) is 1. The van der Waals surface area contributed by atoms with Crippen molar-refractivity contribution in [2.45, 2.75) is 12.7 Å². The number of nitrogens with zero attached hydrogens (tertiary/aromatic N) is 4. The molecule has 0 bridgehead atoms. The Morgan fingerprint density at radius 3 is 2.31 bits per heavy atom. The van der Waals surface area contributed by atoms with Crippen LogP contribution in [0, 0.1) is 17.0 Å². The Morgan fingerprint density at radius 1 is 1.17 bits per heavy atom. The van der Waals surface area contributed by atoms with Crippen molar-refractivity contribution in [2.75, 3.05) is 36.4 Å². The molecule has 0 aliphatic carbocycles. The number of hydrogen-bond donors (Lipinski definition) is 1. The summed E-state index contributed by atoms with van der Waals surface area (Å²) >= 11 is 0. The quantitative estimate of drug-likeness (QED) is 0.558. The van der Waals surface area contributed by atoms with Gasteiger partial charge in [-0.25, -0.2) is 13.4 Å². The van der Waals surface area contributed by atoms with Crippen molar-refractivity contribution < 1.29 is 22.1 Å². The summed E-state index contributed by atoms with van der Waals surface area (Å²) in [6.07, 6.45) is 1.19. The summed E-state index contributed by atoms with van der Waals surface area (Å²) in [5.74, 6) is -2.94. The van der Waals surface area contributed by atoms with Crippen LogP contribution < -0.4 is 10.2 Å². The summed E-state index contributed by atoms with van der Waals surface area (Å²) in [7, 11) is -4.54. The average molecular weight is 427 g/mol. The molecular weight excluding hydrogens is 408 g/mol. The van der Waals surface area contributed by atoms with Crippen LogP contribution in [0.4, 0.5) is 31.7 Å². The first kappa shape index (κ1) is 20.9. The number of hydrogen-bond acceptors (Lipinski definition) is 7. The first-order chi connectivity index (χ1) is 13.7. The maximum atomic E-state index is 12.6. The second-order valence-corrected chi connectivity index (χ2v) is 8.38. The molecule has 1 aromatic heterocycles. The Balaban J connectivity index is 1.63. The maximum Gasteiger partial charge on any atom is 0.350 e. The van der Waals surface area contributed by atoms with Crippen LogP contribution in [-0.4, -0.2) is 54.6 Å². The first-order valence-electron chi connectivity index (χ1n) is 8.68. The summed E-state index contributed by atoms with van der Waals surface area (Å²) < 4.78 is 49.2. The normalized spacial score (nSPS) is 15.5. The van der Waals surface area contributed by atoms with Crippen LogP contribution >= 0.6 is 0 Å². The number of nitro groups is 1. The summed E-state index contributed by atoms with van der Waals surface area (Å²) in [6.45, 7) is 2.24. The molecule has 9 nitrogen and oxygen atoms in total. The number of alkyl halides is 2. The highest BCUT2D eigenvalue weighted by molar-refractivity contribution is 7.89. The van der Waals surface area contributed by atoms with E-state index in [0.717, 1.165) is 9.99 Å². The third kappa shape index (κ3) is 4.59. The zero-order valence-electron chi connectivity index (χ0n) is 15.5. The van der Waals surface area contributed by atoms with Crippen LogP contribution in [0.15, 0.2) is 36.5 Å². The lowest BCUT2D eigenvalue weighted by atomic mass is 10.2. The van der Waals surface area contributed by atoms with E-state index in [9.17, 15) is 27.3 Å². The highest BCUT2D eigenvalue weighted by Gasteiger charge is 2.34. The van der Waals surface area contributed by atoms with Crippen molar-refractivity contribution in [1.29, 1.82) is 0 Å². The van der Waals surface area contributed by atoms with E-state index in [1.54, 1.807) is 25.1 Å². The van der Waals surface area contributed by atoms with E-state index in [4.69, 9.17) is 0 Å². The Bertz CT molecular complexity index is 993. The zero-order chi connectivity index (χ0) is 21.2. The zero-order valence-corrected chi connectivity index (χ0v) is 16.3. The summed E-state index contributed by atoms with van der Waals surface area (Å²) in [5, 5.41) is 13.9. The minimum absolute atomic E-state index is 0.00132. The fraction of sp³-hybridized carbons (Fsp3) is 0.353. The van der Waals surface area contributed by atoms with E-state index in [2.05, 4.69) is 10.3 Å². The van der Waals surface area contributed by atoms with Crippen LogP contribution in [0.1, 0.15) is 5.56 Å². The van der Waals surface area contributed by atoms with Gasteiger partial charge in [-0.15, -0.1) is 0 Å². The summed E-state index contributed by atoms with van der Waals surface area (Å²) in [5.41, 5.74) is 1.98. The number of aromatic nitrogens is 1. The van der Waals surface area contributed by atoms with Crippen LogP contribution in [0.2, 0.25) is 0 Å². The highest BCUT2D eigenvalue weighted by atomic mass is 32.2. The van der Waals surface area contributed by atoms with Gasteiger partial charge in [0.2, 0.25) is 0 Å². The molecule has 12 heteroatoms. The molecule has 0 unspecified atom stereocenters. The van der Waals surface area contributed by atoms with Gasteiger partial charge in [0.05, 0.1) is 4.92 Å². The van der Waals surface area contributed by atoms with Gasteiger partial charge in [-0.2, -0.15) is 13.1 Å². The molecule has 0 saturated carbocycles. The third-order valence-corrected chi connectivity index (χ3v) is 6.14. The Hall–Kier alpha value is -2.86. The van der Waals surface area contributed by atoms with Gasteiger partial charge in [-0.3, -0.25) is 10.1 Å². The van der Waals surface area contributed by atoms with Gasteiger partial charge in [0.15, 0.2) is 0 Å². The molecule has 2 aromatic rings. The number of sulfonamides is 1. The van der Waals surface area contributed by atoms with Gasteiger partial charge in [0.1, 0.15) is 12.0 Å². The minimum atomic E-state index is -4.54. The van der Waals surface area contributed by atoms with E-state index < -0.39 is 20.7 Å². The monoisotopic (exact) mass is 427 g/mol. The Labute approximate surface area is 166 Å². The smallest absolute Gasteiger partial charge is 0.350 e. The minimum Gasteiger partial charge on any atom is -0.369 e. The van der Waals surface area contributed by atoms with Gasteiger partial charge in [0, 0.05) is 43.1 Å². The van der Waals surface area contributed by atoms with Gasteiger partial charge in [-0.05, 0) is 37.3 Å². The number of rotatable bonds is 6. The Kier molecular flexibility index (Phi) is 5.94. The van der Waals surface area contributed by atoms with Gasteiger partial charge in [0.25, 0.3) is 15.7 Å². The molecule has 0 radical (unpaired) electrons. The van der Waals surface area contributed by atoms with Crippen LogP contribution in [0.25, 0.3) is 0 Å². The van der Waals surface area contributed by atoms with E-state index in [1.807, 2.05) is 17.0 Å². The second-order valence-electron chi connectivity index (χ2n) is 6.48. The maximum absolute atomic E-state index is 12.6. The molecular formula is C17H19F2N5O4S. The third-order valence-electron chi connectivity index (χ3n) is 4.61. The lowest BCUT2D eigenvalue weighted by Gasteiger charge is -2.35. The van der Waals surface area contributed by atoms with Crippen molar-refractivity contribution >= 4 is 32.9 Å². The predicted molar refractivity (Wildman–Crippen MR) is 104 cm³/mol. The van der Waals surface area contributed by atoms with E-state index >= 15 is 0 Å². The number of aryl methyl sites for hydroxylation is 1. The topological polar surface area (TPSA) is 109 Å². The standard InChI is InChI=1S/C17H19F2N5O4S/c1-12-10-16(20-11-15(12)24(25)26)21-13-2-4-14(5-3-13)22-6-8-23(9-7-22)29(27,28)17(18)19/h2-5,10-11,17H,6-9H2,1H3,(H,20,21). The first-order valence-corrected chi connectivity index (χ1v) is 10.2. The van der Waals surface area contributed by atoms with Gasteiger partial charge >= 0.3 is 5.76 Å². The lowest BCUT2D eigenvalue weighted by molar-refractivity contribution is -0.385. The van der Waals surface area contributed by atoms with Crippen molar-refractivity contribution in [3.05, 3.63) is 52.2 Å². The molecule has 29 heavy (non-hydrogen) atoms. The predicted octanol–water partition coefficient (Wildman–Crippen LogP) is 2.72. The van der Waals surface area contributed by atoms with E-state index in [0.29, 0.717) is 30.2 Å². The van der Waals surface area contributed by atoms with Gasteiger partial charge < -0.3 is 10.2 Å². The molecule has 0 spiro atoms. The SMILES string of the molecule is Cc1cc(Nc2ccc(N3CCN(S(=O)(=O)C(F)F)CC3)cc2)ncc1[N+](=O)[O-]. The molecule has 1 saturated heterocycles. The number of pyridine rings is 1. The molecule has 0 atom stereocenters. The summed E-state index contributed by atoms with van der Waals surface area (Å²) in [6, 6.07) is 8.79. The molecule has 1 aliphatic heterocycles. The number of anilines is 3. The molecule has 156 valence electrons. The molecule has 1 aromatic carbocycles. The van der Waals surface area contributed by atoms with Crippen LogP contribution in [0.3, 0.4) is 0 Å². The molecule has 1 fully saturated rings. The van der Waals surface area contributed by atoms with Crippen molar-refractivity contribution in [2.24, 2.45) is 0 Å². The van der Waals surface area contributed by atoms with Gasteiger partial charge in [-0.1, -0.05) is 0 Å². The average Bonchev–Trinajstić information content (AvgIpc) is 2.68. The molecule has 1 aliphatic rings. The van der Waals surface area contributed by atoms with E-state index in [-0.39, 0.29) is 18.8 Å². The van der Waals surface area contributed by atoms with Crippen molar-refractivity contribution in [3.8, 4) is 0 Å². The highest BCUT2D eigenvalue weighted by Crippen LogP contribution is 2.25. The fourth-order valence-corrected chi connectivity index (χ4v) is 3.92. The fourth-order valence-electron chi connectivity index (χ4n) is 3.03. The number of halogens is 2. The molecule has 3 rings (SSSR count). The van der Waals surface area contributed by atoms with Crippen LogP contribution in [-0.2, 0) is 10.0 Å². The number of piperazine rings is 1. The van der Waals surface area contributed by atoms with E-state index in [1.165, 1.54) is 6.20 Å². The lowest BCUT2D eigenvalue weighted by Crippen LogP contribution is -2.50. The number of benzene rings is 1. The second kappa shape index (κ2) is 8.25. The Morgan fingerprint density at radius 2 is 1.79 bits per heavy atom. The molecule has 0 amide bonds. The van der Waals surface area contributed by atoms with Crippen molar-refractivity contribution in [3.63, 3.8) is 0 Å². The summed E-state index contributed by atoms with van der Waals surface area (Å²) in [4.78, 5) is 16.3. The molecule has 2 heterocycles. The largest absolute Gasteiger partial charge is 0.369 e. The van der Waals surface area contributed by atoms with Crippen molar-refractivity contribution in [1.82, 2.24) is 9.29 Å². The van der Waals surface area contributed by atoms with Crippen LogP contribution in [0.5, 0.6) is 0 Å². The molecule has 1 N–H and O–H groups in total.